The van der Waals surface area contributed by atoms with Crippen molar-refractivity contribution >= 4 is 11.9 Å². The Morgan fingerprint density at radius 1 is 0.958 bits per heavy atom. The SMILES string of the molecule is O=C(O)c1cc(OC2O[C@@H](CO)[C@@H](O)[C@H](O)[C@H]2O)cc(C(=O)O)c1. The van der Waals surface area contributed by atoms with Crippen LogP contribution in [0.2, 0.25) is 0 Å². The Morgan fingerprint density at radius 2 is 1.50 bits per heavy atom. The molecule has 24 heavy (non-hydrogen) atoms. The van der Waals surface area contributed by atoms with Crippen molar-refractivity contribution in [2.45, 2.75) is 30.7 Å². The van der Waals surface area contributed by atoms with E-state index in [9.17, 15) is 24.9 Å². The molecule has 0 aliphatic carbocycles. The predicted octanol–water partition coefficient (Wildman–Crippen LogP) is -1.74. The summed E-state index contributed by atoms with van der Waals surface area (Å²) in [6, 6.07) is 2.94. The van der Waals surface area contributed by atoms with E-state index in [0.717, 1.165) is 18.2 Å². The van der Waals surface area contributed by atoms with Gasteiger partial charge in [0, 0.05) is 0 Å². The predicted molar refractivity (Wildman–Crippen MR) is 74.8 cm³/mol. The molecule has 6 N–H and O–H groups in total. The van der Waals surface area contributed by atoms with Crippen molar-refractivity contribution in [1.82, 2.24) is 0 Å². The molecule has 0 saturated carbocycles. The molecular formula is C14H16O10. The van der Waals surface area contributed by atoms with E-state index in [2.05, 4.69) is 0 Å². The lowest BCUT2D eigenvalue weighted by molar-refractivity contribution is -0.277. The molecule has 1 aromatic carbocycles. The number of carboxylic acid groups (broad SMARTS) is 2. The highest BCUT2D eigenvalue weighted by Gasteiger charge is 2.44. The fourth-order valence-corrected chi connectivity index (χ4v) is 2.21. The van der Waals surface area contributed by atoms with Gasteiger partial charge in [-0.05, 0) is 18.2 Å². The second kappa shape index (κ2) is 7.11. The molecule has 1 heterocycles. The molecule has 0 radical (unpaired) electrons. The third kappa shape index (κ3) is 3.63. The van der Waals surface area contributed by atoms with Crippen LogP contribution in [-0.2, 0) is 4.74 Å². The molecule has 1 aliphatic rings. The number of ether oxygens (including phenoxy) is 2. The molecule has 1 saturated heterocycles. The molecule has 0 amide bonds. The maximum Gasteiger partial charge on any atom is 0.335 e. The van der Waals surface area contributed by atoms with Crippen LogP contribution in [0.3, 0.4) is 0 Å². The summed E-state index contributed by atoms with van der Waals surface area (Å²) in [4.78, 5) is 22.1. The summed E-state index contributed by atoms with van der Waals surface area (Å²) in [5.41, 5.74) is -0.732. The van der Waals surface area contributed by atoms with E-state index in [-0.39, 0.29) is 16.9 Å². The summed E-state index contributed by atoms with van der Waals surface area (Å²) in [6.45, 7) is -0.666. The molecule has 10 nitrogen and oxygen atoms in total. The topological polar surface area (TPSA) is 174 Å². The number of aliphatic hydroxyl groups is 4. The van der Waals surface area contributed by atoms with E-state index < -0.39 is 49.3 Å². The smallest absolute Gasteiger partial charge is 0.335 e. The fraction of sp³-hybridized carbons (Fsp3) is 0.429. The van der Waals surface area contributed by atoms with Crippen molar-refractivity contribution in [3.8, 4) is 5.75 Å². The Morgan fingerprint density at radius 3 is 1.96 bits per heavy atom. The van der Waals surface area contributed by atoms with Crippen molar-refractivity contribution in [3.63, 3.8) is 0 Å². The molecule has 10 heteroatoms. The van der Waals surface area contributed by atoms with Crippen LogP contribution in [0, 0.1) is 0 Å². The molecule has 1 aromatic rings. The van der Waals surface area contributed by atoms with Gasteiger partial charge in [0.05, 0.1) is 17.7 Å². The van der Waals surface area contributed by atoms with Crippen LogP contribution >= 0.6 is 0 Å². The van der Waals surface area contributed by atoms with Gasteiger partial charge in [-0.15, -0.1) is 0 Å². The molecule has 1 fully saturated rings. The normalized spacial score (nSPS) is 29.9. The van der Waals surface area contributed by atoms with Crippen molar-refractivity contribution in [3.05, 3.63) is 29.3 Å². The maximum atomic E-state index is 11.0. The second-order valence-corrected chi connectivity index (χ2v) is 5.17. The number of benzene rings is 1. The van der Waals surface area contributed by atoms with Crippen molar-refractivity contribution in [2.24, 2.45) is 0 Å². The Labute approximate surface area is 135 Å². The average molecular weight is 344 g/mol. The summed E-state index contributed by atoms with van der Waals surface area (Å²) in [5.74, 6) is -3.02. The van der Waals surface area contributed by atoms with Gasteiger partial charge >= 0.3 is 11.9 Å². The number of hydrogen-bond donors (Lipinski definition) is 6. The van der Waals surface area contributed by atoms with E-state index in [4.69, 9.17) is 24.8 Å². The lowest BCUT2D eigenvalue weighted by atomic mass is 9.99. The standard InChI is InChI=1S/C14H16O10/c15-4-8-9(16)10(17)11(18)14(24-8)23-7-2-5(12(19)20)1-6(3-7)13(21)22/h1-3,8-11,14-18H,4H2,(H,19,20)(H,21,22)/t8-,9+,10-,11+,14?/m0/s1. The summed E-state index contributed by atoms with van der Waals surface area (Å²) in [6.07, 6.45) is -7.72. The summed E-state index contributed by atoms with van der Waals surface area (Å²) < 4.78 is 10.3. The fourth-order valence-electron chi connectivity index (χ4n) is 2.21. The highest BCUT2D eigenvalue weighted by atomic mass is 16.7. The van der Waals surface area contributed by atoms with E-state index in [1.165, 1.54) is 0 Å². The van der Waals surface area contributed by atoms with Crippen LogP contribution in [0.25, 0.3) is 0 Å². The number of rotatable bonds is 5. The Bertz CT molecular complexity index is 596. The first kappa shape index (κ1) is 18.1. The van der Waals surface area contributed by atoms with Gasteiger partial charge in [-0.2, -0.15) is 0 Å². The van der Waals surface area contributed by atoms with Crippen LogP contribution in [0.4, 0.5) is 0 Å². The second-order valence-electron chi connectivity index (χ2n) is 5.17. The zero-order valence-corrected chi connectivity index (χ0v) is 12.1. The lowest BCUT2D eigenvalue weighted by Crippen LogP contribution is -2.60. The third-order valence-corrected chi connectivity index (χ3v) is 3.50. The monoisotopic (exact) mass is 344 g/mol. The minimum atomic E-state index is -1.70. The first-order valence-electron chi connectivity index (χ1n) is 6.83. The molecular weight excluding hydrogens is 328 g/mol. The molecule has 1 aliphatic heterocycles. The molecule has 0 bridgehead atoms. The van der Waals surface area contributed by atoms with Crippen LogP contribution in [-0.4, -0.2) is 79.9 Å². The zero-order valence-electron chi connectivity index (χ0n) is 12.1. The Balaban J connectivity index is 2.29. The molecule has 2 rings (SSSR count). The largest absolute Gasteiger partial charge is 0.478 e. The number of aromatic carboxylic acids is 2. The highest BCUT2D eigenvalue weighted by molar-refractivity contribution is 5.94. The van der Waals surface area contributed by atoms with E-state index in [0.29, 0.717) is 0 Å². The van der Waals surface area contributed by atoms with E-state index in [1.807, 2.05) is 0 Å². The van der Waals surface area contributed by atoms with Crippen LogP contribution in [0.15, 0.2) is 18.2 Å². The molecule has 0 aromatic heterocycles. The van der Waals surface area contributed by atoms with Crippen molar-refractivity contribution < 1.29 is 49.7 Å². The number of aliphatic hydroxyl groups excluding tert-OH is 4. The van der Waals surface area contributed by atoms with Gasteiger partial charge in [0.25, 0.3) is 0 Å². The van der Waals surface area contributed by atoms with Crippen LogP contribution < -0.4 is 4.74 Å². The van der Waals surface area contributed by atoms with Crippen molar-refractivity contribution in [2.75, 3.05) is 6.61 Å². The van der Waals surface area contributed by atoms with Gasteiger partial charge < -0.3 is 40.1 Å². The van der Waals surface area contributed by atoms with Gasteiger partial charge in [0.15, 0.2) is 0 Å². The van der Waals surface area contributed by atoms with Gasteiger partial charge in [0.2, 0.25) is 6.29 Å². The van der Waals surface area contributed by atoms with Gasteiger partial charge in [-0.1, -0.05) is 0 Å². The lowest BCUT2D eigenvalue weighted by Gasteiger charge is -2.39. The molecule has 5 atom stereocenters. The maximum absolute atomic E-state index is 11.0. The molecule has 0 spiro atoms. The van der Waals surface area contributed by atoms with Gasteiger partial charge in [-0.25, -0.2) is 9.59 Å². The quantitative estimate of drug-likeness (QED) is 0.360. The van der Waals surface area contributed by atoms with Crippen molar-refractivity contribution in [1.29, 1.82) is 0 Å². The Hall–Kier alpha value is -2.24. The van der Waals surface area contributed by atoms with Crippen LogP contribution in [0.1, 0.15) is 20.7 Å². The van der Waals surface area contributed by atoms with Gasteiger partial charge in [0.1, 0.15) is 30.2 Å². The number of hydrogen-bond acceptors (Lipinski definition) is 8. The minimum Gasteiger partial charge on any atom is -0.478 e. The highest BCUT2D eigenvalue weighted by Crippen LogP contribution is 2.26. The first-order chi connectivity index (χ1) is 11.2. The summed E-state index contributed by atoms with van der Waals surface area (Å²) in [7, 11) is 0. The summed E-state index contributed by atoms with van der Waals surface area (Å²) >= 11 is 0. The molecule has 132 valence electrons. The van der Waals surface area contributed by atoms with Gasteiger partial charge in [-0.3, -0.25) is 0 Å². The zero-order chi connectivity index (χ0) is 18.0. The Kier molecular flexibility index (Phi) is 5.36. The number of carbonyl (C=O) groups is 2. The van der Waals surface area contributed by atoms with E-state index >= 15 is 0 Å². The molecule has 1 unspecified atom stereocenters. The first-order valence-corrected chi connectivity index (χ1v) is 6.83. The number of carboxylic acids is 2. The van der Waals surface area contributed by atoms with Crippen LogP contribution in [0.5, 0.6) is 5.75 Å². The van der Waals surface area contributed by atoms with E-state index in [1.54, 1.807) is 0 Å². The average Bonchev–Trinajstić information content (AvgIpc) is 2.55. The minimum absolute atomic E-state index is 0.239. The summed E-state index contributed by atoms with van der Waals surface area (Å²) in [5, 5.41) is 56.3. The third-order valence-electron chi connectivity index (χ3n) is 3.50.